The molecule has 1 amide bonds. The molecule has 1 N–H and O–H groups in total. The Balaban J connectivity index is 1.58. The molecule has 29 heavy (non-hydrogen) atoms. The third-order valence-electron chi connectivity index (χ3n) is 4.85. The Hall–Kier alpha value is -3.08. The molecule has 0 saturated heterocycles. The Bertz CT molecular complexity index is 953. The van der Waals surface area contributed by atoms with Crippen molar-refractivity contribution in [2.45, 2.75) is 52.8 Å². The molecule has 3 aromatic rings. The van der Waals surface area contributed by atoms with Gasteiger partial charge in [0.2, 0.25) is 0 Å². The summed E-state index contributed by atoms with van der Waals surface area (Å²) >= 11 is 0. The summed E-state index contributed by atoms with van der Waals surface area (Å²) in [6.45, 7) is 10.2. The second-order valence-electron chi connectivity index (χ2n) is 8.08. The summed E-state index contributed by atoms with van der Waals surface area (Å²) in [6, 6.07) is 17.6. The molecule has 0 spiro atoms. The van der Waals surface area contributed by atoms with E-state index in [1.807, 2.05) is 54.1 Å². The molecule has 0 fully saturated rings. The van der Waals surface area contributed by atoms with Gasteiger partial charge in [0.25, 0.3) is 5.91 Å². The fourth-order valence-electron chi connectivity index (χ4n) is 3.09. The smallest absolute Gasteiger partial charge is 0.251 e. The predicted molar refractivity (Wildman–Crippen MR) is 115 cm³/mol. The molecular formula is C24H29N3O2. The average molecular weight is 392 g/mol. The number of ether oxygens (including phenoxy) is 1. The average Bonchev–Trinajstić information content (AvgIpc) is 3.18. The van der Waals surface area contributed by atoms with E-state index in [0.29, 0.717) is 18.7 Å². The van der Waals surface area contributed by atoms with E-state index >= 15 is 0 Å². The number of benzene rings is 2. The van der Waals surface area contributed by atoms with Gasteiger partial charge in [0.15, 0.2) is 0 Å². The Morgan fingerprint density at radius 2 is 1.86 bits per heavy atom. The molecule has 3 rings (SSSR count). The lowest BCUT2D eigenvalue weighted by Crippen LogP contribution is -2.24. The number of nitrogens with one attached hydrogen (secondary N) is 1. The molecule has 152 valence electrons. The van der Waals surface area contributed by atoms with E-state index in [2.05, 4.69) is 43.3 Å². The molecule has 0 aliphatic heterocycles. The molecule has 5 nitrogen and oxygen atoms in total. The second-order valence-corrected chi connectivity index (χ2v) is 8.08. The molecule has 5 heteroatoms. The normalized spacial score (nSPS) is 11.3. The molecule has 0 unspecified atom stereocenters. The van der Waals surface area contributed by atoms with Crippen LogP contribution in [0.5, 0.6) is 5.75 Å². The van der Waals surface area contributed by atoms with E-state index in [4.69, 9.17) is 4.74 Å². The number of hydrogen-bond acceptors (Lipinski definition) is 3. The predicted octanol–water partition coefficient (Wildman–Crippen LogP) is 4.71. The molecule has 0 bridgehead atoms. The summed E-state index contributed by atoms with van der Waals surface area (Å²) in [5.41, 5.74) is 3.95. The molecule has 1 aromatic heterocycles. The lowest BCUT2D eigenvalue weighted by molar-refractivity contribution is 0.0949. The SMILES string of the molecule is CCn1nccc1CNC(=O)c1cccc(COc2ccc(C(C)(C)C)cc2)c1. The van der Waals surface area contributed by atoms with E-state index < -0.39 is 0 Å². The lowest BCUT2D eigenvalue weighted by Gasteiger charge is -2.19. The van der Waals surface area contributed by atoms with Gasteiger partial charge in [-0.25, -0.2) is 0 Å². The van der Waals surface area contributed by atoms with Crippen molar-refractivity contribution in [3.05, 3.63) is 83.2 Å². The minimum atomic E-state index is -0.106. The zero-order valence-electron chi connectivity index (χ0n) is 17.6. The molecule has 0 radical (unpaired) electrons. The van der Waals surface area contributed by atoms with E-state index in [1.54, 1.807) is 6.20 Å². The van der Waals surface area contributed by atoms with Crippen LogP contribution in [0.25, 0.3) is 0 Å². The zero-order chi connectivity index (χ0) is 20.9. The van der Waals surface area contributed by atoms with Crippen molar-refractivity contribution >= 4 is 5.91 Å². The van der Waals surface area contributed by atoms with Crippen LogP contribution in [0.3, 0.4) is 0 Å². The Morgan fingerprint density at radius 3 is 2.55 bits per heavy atom. The van der Waals surface area contributed by atoms with Crippen LogP contribution in [0.2, 0.25) is 0 Å². The maximum atomic E-state index is 12.5. The highest BCUT2D eigenvalue weighted by molar-refractivity contribution is 5.94. The largest absolute Gasteiger partial charge is 0.489 e. The van der Waals surface area contributed by atoms with Crippen molar-refractivity contribution in [3.63, 3.8) is 0 Å². The van der Waals surface area contributed by atoms with Crippen molar-refractivity contribution in [3.8, 4) is 5.75 Å². The summed E-state index contributed by atoms with van der Waals surface area (Å²) in [7, 11) is 0. The van der Waals surface area contributed by atoms with Crippen LogP contribution in [-0.4, -0.2) is 15.7 Å². The number of nitrogens with zero attached hydrogens (tertiary/aromatic N) is 2. The van der Waals surface area contributed by atoms with Gasteiger partial charge in [-0.1, -0.05) is 45.0 Å². The van der Waals surface area contributed by atoms with E-state index in [1.165, 1.54) is 5.56 Å². The van der Waals surface area contributed by atoms with Crippen LogP contribution in [0.15, 0.2) is 60.8 Å². The minimum absolute atomic E-state index is 0.106. The van der Waals surface area contributed by atoms with Gasteiger partial charge in [-0.05, 0) is 53.8 Å². The molecule has 0 aliphatic carbocycles. The third-order valence-corrected chi connectivity index (χ3v) is 4.85. The quantitative estimate of drug-likeness (QED) is 0.635. The highest BCUT2D eigenvalue weighted by Gasteiger charge is 2.13. The van der Waals surface area contributed by atoms with Crippen molar-refractivity contribution in [2.24, 2.45) is 0 Å². The maximum Gasteiger partial charge on any atom is 0.251 e. The third kappa shape index (κ3) is 5.47. The number of rotatable bonds is 7. The van der Waals surface area contributed by atoms with E-state index in [-0.39, 0.29) is 11.3 Å². The monoisotopic (exact) mass is 391 g/mol. The van der Waals surface area contributed by atoms with Crippen LogP contribution in [0.1, 0.15) is 54.9 Å². The first-order chi connectivity index (χ1) is 13.9. The number of aryl methyl sites for hydroxylation is 1. The number of hydrogen-bond donors (Lipinski definition) is 1. The van der Waals surface area contributed by atoms with E-state index in [0.717, 1.165) is 23.6 Å². The van der Waals surface area contributed by atoms with Crippen LogP contribution in [-0.2, 0) is 25.1 Å². The highest BCUT2D eigenvalue weighted by atomic mass is 16.5. The maximum absolute atomic E-state index is 12.5. The van der Waals surface area contributed by atoms with Crippen molar-refractivity contribution in [1.82, 2.24) is 15.1 Å². The van der Waals surface area contributed by atoms with Crippen molar-refractivity contribution in [1.29, 1.82) is 0 Å². The summed E-state index contributed by atoms with van der Waals surface area (Å²) in [5, 5.41) is 7.18. The van der Waals surface area contributed by atoms with Crippen LogP contribution < -0.4 is 10.1 Å². The van der Waals surface area contributed by atoms with Gasteiger partial charge in [0.1, 0.15) is 12.4 Å². The molecule has 0 aliphatic rings. The van der Waals surface area contributed by atoms with Gasteiger partial charge >= 0.3 is 0 Å². The van der Waals surface area contributed by atoms with Crippen molar-refractivity contribution < 1.29 is 9.53 Å². The Morgan fingerprint density at radius 1 is 1.10 bits per heavy atom. The minimum Gasteiger partial charge on any atom is -0.489 e. The van der Waals surface area contributed by atoms with Crippen LogP contribution >= 0.6 is 0 Å². The number of carbonyl (C=O) groups is 1. The molecule has 1 heterocycles. The first kappa shape index (κ1) is 20.6. The molecule has 0 atom stereocenters. The van der Waals surface area contributed by atoms with Crippen molar-refractivity contribution in [2.75, 3.05) is 0 Å². The molecule has 0 saturated carbocycles. The van der Waals surface area contributed by atoms with Crippen LogP contribution in [0.4, 0.5) is 0 Å². The van der Waals surface area contributed by atoms with Gasteiger partial charge in [0, 0.05) is 18.3 Å². The summed E-state index contributed by atoms with van der Waals surface area (Å²) < 4.78 is 7.77. The molecule has 2 aromatic carbocycles. The Labute approximate surface area is 172 Å². The lowest BCUT2D eigenvalue weighted by atomic mass is 9.87. The zero-order valence-corrected chi connectivity index (χ0v) is 17.6. The van der Waals surface area contributed by atoms with E-state index in [9.17, 15) is 4.79 Å². The van der Waals surface area contributed by atoms with Crippen LogP contribution in [0, 0.1) is 0 Å². The number of aromatic nitrogens is 2. The fraction of sp³-hybridized carbons (Fsp3) is 0.333. The van der Waals surface area contributed by atoms with Gasteiger partial charge < -0.3 is 10.1 Å². The second kappa shape index (κ2) is 8.95. The summed E-state index contributed by atoms with van der Waals surface area (Å²) in [5.74, 6) is 0.714. The highest BCUT2D eigenvalue weighted by Crippen LogP contribution is 2.24. The summed E-state index contributed by atoms with van der Waals surface area (Å²) in [6.07, 6.45) is 1.75. The van der Waals surface area contributed by atoms with Gasteiger partial charge in [0.05, 0.1) is 12.2 Å². The number of carbonyl (C=O) groups excluding carboxylic acids is 1. The topological polar surface area (TPSA) is 56.2 Å². The van der Waals surface area contributed by atoms with Gasteiger partial charge in [-0.2, -0.15) is 5.10 Å². The Kier molecular flexibility index (Phi) is 6.37. The molecular weight excluding hydrogens is 362 g/mol. The summed E-state index contributed by atoms with van der Waals surface area (Å²) in [4.78, 5) is 12.5. The fourth-order valence-corrected chi connectivity index (χ4v) is 3.09. The first-order valence-corrected chi connectivity index (χ1v) is 9.98. The standard InChI is InChI=1S/C24H29N3O2/c1-5-27-21(13-14-26-27)16-25-23(28)19-8-6-7-18(15-19)17-29-22-11-9-20(10-12-22)24(2,3)4/h6-15H,5,16-17H2,1-4H3,(H,25,28). The number of amides is 1. The first-order valence-electron chi connectivity index (χ1n) is 9.98. The van der Waals surface area contributed by atoms with Gasteiger partial charge in [-0.3, -0.25) is 9.48 Å². The van der Waals surface area contributed by atoms with Gasteiger partial charge in [-0.15, -0.1) is 0 Å².